The Morgan fingerprint density at radius 2 is 1.86 bits per heavy atom. The molecule has 6 nitrogen and oxygen atoms in total. The van der Waals surface area contributed by atoms with E-state index in [1.54, 1.807) is 28.9 Å². The molecular weight excluding hydrogens is 363 g/mol. The number of benzene rings is 2. The molecular formula is C21H17FN2O4. The van der Waals surface area contributed by atoms with Crippen molar-refractivity contribution in [2.75, 3.05) is 6.61 Å². The number of para-hydroxylation sites is 1. The average molecular weight is 380 g/mol. The molecule has 4 rings (SSSR count). The summed E-state index contributed by atoms with van der Waals surface area (Å²) in [6.07, 6.45) is 2.32. The Kier molecular flexibility index (Phi) is 4.65. The fourth-order valence-corrected chi connectivity index (χ4v) is 3.38. The Morgan fingerprint density at radius 1 is 1.11 bits per heavy atom. The predicted molar refractivity (Wildman–Crippen MR) is 98.3 cm³/mol. The van der Waals surface area contributed by atoms with Gasteiger partial charge in [-0.3, -0.25) is 4.79 Å². The summed E-state index contributed by atoms with van der Waals surface area (Å²) in [5.41, 5.74) is 2.61. The van der Waals surface area contributed by atoms with Gasteiger partial charge in [-0.1, -0.05) is 12.1 Å². The number of nitrogens with zero attached hydrogens (tertiary/aromatic N) is 2. The summed E-state index contributed by atoms with van der Waals surface area (Å²) in [6.45, 7) is -0.491. The molecule has 0 saturated carbocycles. The largest absolute Gasteiger partial charge is 0.507 e. The van der Waals surface area contributed by atoms with Gasteiger partial charge in [-0.25, -0.2) is 13.9 Å². The van der Waals surface area contributed by atoms with Crippen LogP contribution in [0.15, 0.2) is 48.5 Å². The monoisotopic (exact) mass is 380 g/mol. The lowest BCUT2D eigenvalue weighted by atomic mass is 10.1. The Hall–Kier alpha value is -3.48. The fourth-order valence-electron chi connectivity index (χ4n) is 3.38. The third-order valence-electron chi connectivity index (χ3n) is 4.73. The van der Waals surface area contributed by atoms with Crippen LogP contribution in [0.4, 0.5) is 4.39 Å². The first-order chi connectivity index (χ1) is 13.5. The highest BCUT2D eigenvalue weighted by atomic mass is 19.1. The zero-order valence-electron chi connectivity index (χ0n) is 14.9. The van der Waals surface area contributed by atoms with Crippen molar-refractivity contribution < 1.29 is 23.8 Å². The molecule has 1 heterocycles. The van der Waals surface area contributed by atoms with Crippen LogP contribution in [0.1, 0.15) is 38.5 Å². The summed E-state index contributed by atoms with van der Waals surface area (Å²) in [4.78, 5) is 24.7. The van der Waals surface area contributed by atoms with Gasteiger partial charge in [-0.05, 0) is 55.7 Å². The molecule has 0 radical (unpaired) electrons. The number of rotatable bonds is 5. The van der Waals surface area contributed by atoms with Crippen LogP contribution in [-0.2, 0) is 17.6 Å². The molecule has 7 heteroatoms. The molecule has 0 atom stereocenters. The quantitative estimate of drug-likeness (QED) is 0.543. The molecule has 0 saturated heterocycles. The molecule has 2 aromatic carbocycles. The van der Waals surface area contributed by atoms with E-state index in [1.165, 1.54) is 24.3 Å². The highest BCUT2D eigenvalue weighted by Gasteiger charge is 2.28. The maximum absolute atomic E-state index is 13.2. The standard InChI is InChI=1S/C21H17FN2O4/c22-13-8-10-14(11-9-13)24-17-6-3-5-15(17)20(23-24)21(27)28-12-19(26)16-4-1-2-7-18(16)25/h1-2,4,7-11,25H,3,5-6,12H2. The van der Waals surface area contributed by atoms with Crippen molar-refractivity contribution in [2.45, 2.75) is 19.3 Å². The van der Waals surface area contributed by atoms with E-state index in [1.807, 2.05) is 0 Å². The van der Waals surface area contributed by atoms with E-state index in [0.29, 0.717) is 12.1 Å². The number of fused-ring (bicyclic) bond motifs is 1. The lowest BCUT2D eigenvalue weighted by Crippen LogP contribution is -2.16. The molecule has 3 aromatic rings. The summed E-state index contributed by atoms with van der Waals surface area (Å²) in [5, 5.41) is 14.1. The summed E-state index contributed by atoms with van der Waals surface area (Å²) >= 11 is 0. The number of Topliss-reactive ketones (excluding diaryl/α,β-unsaturated/α-hetero) is 1. The molecule has 0 fully saturated rings. The number of hydrogen-bond donors (Lipinski definition) is 1. The number of halogens is 1. The van der Waals surface area contributed by atoms with Gasteiger partial charge in [-0.15, -0.1) is 0 Å². The minimum absolute atomic E-state index is 0.0948. The van der Waals surface area contributed by atoms with E-state index in [2.05, 4.69) is 5.10 Å². The Morgan fingerprint density at radius 3 is 2.61 bits per heavy atom. The average Bonchev–Trinajstić information content (AvgIpc) is 3.30. The first kappa shape index (κ1) is 17.9. The number of phenols is 1. The van der Waals surface area contributed by atoms with Crippen LogP contribution in [0, 0.1) is 5.82 Å². The molecule has 0 amide bonds. The molecule has 0 spiro atoms. The number of hydrogen-bond acceptors (Lipinski definition) is 5. The lowest BCUT2D eigenvalue weighted by molar-refractivity contribution is 0.0466. The highest BCUT2D eigenvalue weighted by molar-refractivity contribution is 6.01. The van der Waals surface area contributed by atoms with Crippen LogP contribution in [0.25, 0.3) is 5.69 Å². The number of carbonyl (C=O) groups is 2. The second-order valence-corrected chi connectivity index (χ2v) is 6.53. The van der Waals surface area contributed by atoms with E-state index in [9.17, 15) is 19.1 Å². The van der Waals surface area contributed by atoms with Crippen molar-refractivity contribution in [2.24, 2.45) is 0 Å². The minimum atomic E-state index is -0.692. The van der Waals surface area contributed by atoms with Gasteiger partial charge in [0.25, 0.3) is 0 Å². The van der Waals surface area contributed by atoms with Crippen LogP contribution in [0.3, 0.4) is 0 Å². The number of aromatic hydroxyl groups is 1. The topological polar surface area (TPSA) is 81.4 Å². The van der Waals surface area contributed by atoms with E-state index in [0.717, 1.165) is 24.1 Å². The van der Waals surface area contributed by atoms with Crippen LogP contribution in [0.2, 0.25) is 0 Å². The Bertz CT molecular complexity index is 1060. The van der Waals surface area contributed by atoms with Crippen LogP contribution < -0.4 is 0 Å². The van der Waals surface area contributed by atoms with E-state index < -0.39 is 18.4 Å². The second kappa shape index (κ2) is 7.26. The first-order valence-corrected chi connectivity index (χ1v) is 8.89. The maximum Gasteiger partial charge on any atom is 0.359 e. The number of carbonyl (C=O) groups excluding carboxylic acids is 2. The molecule has 28 heavy (non-hydrogen) atoms. The van der Waals surface area contributed by atoms with Gasteiger partial charge in [0.2, 0.25) is 5.78 Å². The van der Waals surface area contributed by atoms with Crippen molar-refractivity contribution >= 4 is 11.8 Å². The number of esters is 1. The molecule has 1 aromatic heterocycles. The van der Waals surface area contributed by atoms with Crippen molar-refractivity contribution in [3.05, 3.63) is 76.9 Å². The van der Waals surface area contributed by atoms with E-state index in [4.69, 9.17) is 4.74 Å². The minimum Gasteiger partial charge on any atom is -0.507 e. The van der Waals surface area contributed by atoms with Crippen molar-refractivity contribution in [3.8, 4) is 11.4 Å². The van der Waals surface area contributed by atoms with E-state index >= 15 is 0 Å². The number of phenolic OH excluding ortho intramolecular Hbond substituents is 1. The summed E-state index contributed by atoms with van der Waals surface area (Å²) < 4.78 is 20.0. The van der Waals surface area contributed by atoms with Gasteiger partial charge in [0, 0.05) is 11.3 Å². The number of ether oxygens (including phenoxy) is 1. The second-order valence-electron chi connectivity index (χ2n) is 6.53. The summed E-state index contributed by atoms with van der Waals surface area (Å²) in [6, 6.07) is 11.9. The molecule has 1 aliphatic carbocycles. The molecule has 0 unspecified atom stereocenters. The maximum atomic E-state index is 13.2. The van der Waals surface area contributed by atoms with Gasteiger partial charge in [0.1, 0.15) is 11.6 Å². The highest BCUT2D eigenvalue weighted by Crippen LogP contribution is 2.28. The summed E-state index contributed by atoms with van der Waals surface area (Å²) in [7, 11) is 0. The molecule has 142 valence electrons. The molecule has 1 aliphatic rings. The van der Waals surface area contributed by atoms with Crippen molar-refractivity contribution in [3.63, 3.8) is 0 Å². The lowest BCUT2D eigenvalue weighted by Gasteiger charge is -2.06. The number of ketones is 1. The SMILES string of the molecule is O=C(COC(=O)c1nn(-c2ccc(F)cc2)c2c1CCC2)c1ccccc1O. The molecule has 0 aliphatic heterocycles. The van der Waals surface area contributed by atoms with Gasteiger partial charge < -0.3 is 9.84 Å². The Balaban J connectivity index is 1.55. The van der Waals surface area contributed by atoms with Crippen LogP contribution in [0.5, 0.6) is 5.75 Å². The van der Waals surface area contributed by atoms with Gasteiger partial charge >= 0.3 is 5.97 Å². The van der Waals surface area contributed by atoms with Crippen molar-refractivity contribution in [1.82, 2.24) is 9.78 Å². The third kappa shape index (κ3) is 3.26. The van der Waals surface area contributed by atoms with Crippen LogP contribution >= 0.6 is 0 Å². The van der Waals surface area contributed by atoms with Gasteiger partial charge in [0.05, 0.1) is 11.3 Å². The smallest absolute Gasteiger partial charge is 0.359 e. The van der Waals surface area contributed by atoms with Crippen LogP contribution in [-0.4, -0.2) is 33.2 Å². The van der Waals surface area contributed by atoms with Gasteiger partial charge in [-0.2, -0.15) is 5.10 Å². The summed E-state index contributed by atoms with van der Waals surface area (Å²) in [5.74, 6) is -1.70. The van der Waals surface area contributed by atoms with Gasteiger partial charge in [0.15, 0.2) is 12.3 Å². The van der Waals surface area contributed by atoms with Crippen molar-refractivity contribution in [1.29, 1.82) is 0 Å². The predicted octanol–water partition coefficient (Wildman–Crippen LogP) is 3.25. The fraction of sp³-hybridized carbons (Fsp3) is 0.190. The Labute approximate surface area is 160 Å². The first-order valence-electron chi connectivity index (χ1n) is 8.89. The molecule has 0 bridgehead atoms. The number of aromatic nitrogens is 2. The normalized spacial score (nSPS) is 12.6. The van der Waals surface area contributed by atoms with E-state index in [-0.39, 0.29) is 22.8 Å². The molecule has 1 N–H and O–H groups in total. The third-order valence-corrected chi connectivity index (χ3v) is 4.73. The zero-order valence-corrected chi connectivity index (χ0v) is 14.9. The zero-order chi connectivity index (χ0) is 19.7.